The van der Waals surface area contributed by atoms with Crippen LogP contribution in [0.25, 0.3) is 0 Å². The summed E-state index contributed by atoms with van der Waals surface area (Å²) in [5.41, 5.74) is 0. The third kappa shape index (κ3) is 2.80. The summed E-state index contributed by atoms with van der Waals surface area (Å²) in [6.45, 7) is 11.4. The van der Waals surface area contributed by atoms with Gasteiger partial charge in [0.15, 0.2) is 0 Å². The zero-order valence-corrected chi connectivity index (χ0v) is 7.55. The van der Waals surface area contributed by atoms with Gasteiger partial charge < -0.3 is 4.74 Å². The van der Waals surface area contributed by atoms with Crippen LogP contribution in [-0.4, -0.2) is 36.7 Å². The molecule has 0 aromatic rings. The van der Waals surface area contributed by atoms with Gasteiger partial charge in [0, 0.05) is 13.1 Å². The van der Waals surface area contributed by atoms with Crippen molar-refractivity contribution in [1.29, 1.82) is 0 Å². The molecule has 1 radical (unpaired) electrons. The lowest BCUT2D eigenvalue weighted by atomic mass is 10.2. The van der Waals surface area contributed by atoms with Gasteiger partial charge in [-0.3, -0.25) is 4.90 Å². The van der Waals surface area contributed by atoms with Gasteiger partial charge >= 0.3 is 0 Å². The Hall–Kier alpha value is -0.0800. The number of hydrogen-bond acceptors (Lipinski definition) is 2. The fourth-order valence-corrected chi connectivity index (χ4v) is 1.69. The van der Waals surface area contributed by atoms with Crippen LogP contribution in [0.3, 0.4) is 0 Å². The summed E-state index contributed by atoms with van der Waals surface area (Å²) in [6.07, 6.45) is 1.79. The lowest BCUT2D eigenvalue weighted by molar-refractivity contribution is -0.0674. The number of nitrogens with zero attached hydrogens (tertiary/aromatic N) is 1. The fraction of sp³-hybridized carbons (Fsp3) is 0.889. The van der Waals surface area contributed by atoms with Gasteiger partial charge in [-0.2, -0.15) is 0 Å². The van der Waals surface area contributed by atoms with Crippen LogP contribution in [0, 0.1) is 6.92 Å². The minimum atomic E-state index is 0.394. The summed E-state index contributed by atoms with van der Waals surface area (Å²) in [4.78, 5) is 2.42. The second-order valence-corrected chi connectivity index (χ2v) is 3.37. The second kappa shape index (κ2) is 4.07. The number of ether oxygens (including phenoxy) is 1. The first-order valence-corrected chi connectivity index (χ1v) is 4.39. The largest absolute Gasteiger partial charge is 0.373 e. The summed E-state index contributed by atoms with van der Waals surface area (Å²) in [7, 11) is 0. The zero-order chi connectivity index (χ0) is 8.27. The average Bonchev–Trinajstić information content (AvgIpc) is 1.85. The predicted octanol–water partition coefficient (Wildman–Crippen LogP) is 1.32. The van der Waals surface area contributed by atoms with Crippen LogP contribution in [0.15, 0.2) is 0 Å². The molecule has 1 saturated heterocycles. The van der Waals surface area contributed by atoms with Crippen LogP contribution in [0.5, 0.6) is 0 Å². The smallest absolute Gasteiger partial charge is 0.0678 e. The summed E-state index contributed by atoms with van der Waals surface area (Å²) in [5, 5.41) is 0. The molecule has 0 amide bonds. The van der Waals surface area contributed by atoms with E-state index in [1.165, 1.54) is 0 Å². The molecule has 0 aromatic heterocycles. The normalized spacial score (nSPS) is 34.1. The minimum Gasteiger partial charge on any atom is -0.373 e. The van der Waals surface area contributed by atoms with E-state index in [-0.39, 0.29) is 0 Å². The van der Waals surface area contributed by atoms with Crippen molar-refractivity contribution < 1.29 is 4.74 Å². The molecule has 0 N–H and O–H groups in total. The van der Waals surface area contributed by atoms with Gasteiger partial charge in [0.1, 0.15) is 0 Å². The maximum atomic E-state index is 5.60. The molecule has 11 heavy (non-hydrogen) atoms. The van der Waals surface area contributed by atoms with Crippen molar-refractivity contribution in [3.8, 4) is 0 Å². The number of hydrogen-bond donors (Lipinski definition) is 0. The molecule has 2 unspecified atom stereocenters. The summed E-state index contributed by atoms with van der Waals surface area (Å²) >= 11 is 0. The van der Waals surface area contributed by atoms with E-state index in [1.807, 2.05) is 0 Å². The number of morpholine rings is 1. The van der Waals surface area contributed by atoms with E-state index < -0.39 is 0 Å². The Kier molecular flexibility index (Phi) is 3.34. The van der Waals surface area contributed by atoms with Crippen molar-refractivity contribution in [3.05, 3.63) is 6.92 Å². The lowest BCUT2D eigenvalue weighted by Gasteiger charge is -2.34. The summed E-state index contributed by atoms with van der Waals surface area (Å²) in [5.74, 6) is 0. The van der Waals surface area contributed by atoms with Crippen LogP contribution in [0.4, 0.5) is 0 Å². The van der Waals surface area contributed by atoms with E-state index in [0.717, 1.165) is 26.1 Å². The average molecular weight is 156 g/mol. The van der Waals surface area contributed by atoms with Crippen LogP contribution in [0.1, 0.15) is 20.3 Å². The molecule has 2 atom stereocenters. The Balaban J connectivity index is 2.30. The topological polar surface area (TPSA) is 12.5 Å². The Labute approximate surface area is 69.5 Å². The maximum Gasteiger partial charge on any atom is 0.0678 e. The van der Waals surface area contributed by atoms with Crippen molar-refractivity contribution in [1.82, 2.24) is 4.90 Å². The fourth-order valence-electron chi connectivity index (χ4n) is 1.69. The quantitative estimate of drug-likeness (QED) is 0.598. The molecule has 2 nitrogen and oxygen atoms in total. The Bertz CT molecular complexity index is 106. The van der Waals surface area contributed by atoms with Crippen LogP contribution in [-0.2, 0) is 4.74 Å². The SMILES string of the molecule is [CH2]CCN1CC(C)OC(C)C1. The number of rotatable bonds is 2. The highest BCUT2D eigenvalue weighted by molar-refractivity contribution is 4.72. The molecular weight excluding hydrogens is 138 g/mol. The molecule has 0 spiro atoms. The van der Waals surface area contributed by atoms with Gasteiger partial charge in [-0.05, 0) is 26.8 Å². The molecule has 1 aliphatic rings. The van der Waals surface area contributed by atoms with E-state index in [0.29, 0.717) is 12.2 Å². The first-order valence-electron chi connectivity index (χ1n) is 4.39. The third-order valence-corrected chi connectivity index (χ3v) is 1.97. The molecule has 0 aliphatic carbocycles. The molecule has 65 valence electrons. The van der Waals surface area contributed by atoms with Crippen molar-refractivity contribution >= 4 is 0 Å². The second-order valence-electron chi connectivity index (χ2n) is 3.37. The van der Waals surface area contributed by atoms with Crippen molar-refractivity contribution in [2.24, 2.45) is 0 Å². The minimum absolute atomic E-state index is 0.394. The molecule has 1 aliphatic heterocycles. The summed E-state index contributed by atoms with van der Waals surface area (Å²) in [6, 6.07) is 0. The third-order valence-electron chi connectivity index (χ3n) is 1.97. The van der Waals surface area contributed by atoms with E-state index in [1.54, 1.807) is 0 Å². The lowest BCUT2D eigenvalue weighted by Crippen LogP contribution is -2.45. The van der Waals surface area contributed by atoms with Gasteiger partial charge in [0.2, 0.25) is 0 Å². The molecule has 2 heteroatoms. The van der Waals surface area contributed by atoms with E-state index in [9.17, 15) is 0 Å². The van der Waals surface area contributed by atoms with Gasteiger partial charge in [0.25, 0.3) is 0 Å². The van der Waals surface area contributed by atoms with Crippen LogP contribution in [0.2, 0.25) is 0 Å². The Morgan fingerprint density at radius 2 is 1.91 bits per heavy atom. The standard InChI is InChI=1S/C9H18NO/c1-4-5-10-6-8(2)11-9(3)7-10/h8-9H,1,4-7H2,2-3H3. The zero-order valence-electron chi connectivity index (χ0n) is 7.55. The molecule has 0 bridgehead atoms. The van der Waals surface area contributed by atoms with Gasteiger partial charge in [-0.15, -0.1) is 0 Å². The highest BCUT2D eigenvalue weighted by atomic mass is 16.5. The van der Waals surface area contributed by atoms with Crippen LogP contribution >= 0.6 is 0 Å². The van der Waals surface area contributed by atoms with Crippen molar-refractivity contribution in [3.63, 3.8) is 0 Å². The van der Waals surface area contributed by atoms with Crippen LogP contribution < -0.4 is 0 Å². The Morgan fingerprint density at radius 3 is 2.36 bits per heavy atom. The van der Waals surface area contributed by atoms with Gasteiger partial charge in [-0.1, -0.05) is 6.92 Å². The Morgan fingerprint density at radius 1 is 1.36 bits per heavy atom. The predicted molar refractivity (Wildman–Crippen MR) is 46.4 cm³/mol. The highest BCUT2D eigenvalue weighted by Crippen LogP contribution is 2.10. The molecule has 1 rings (SSSR count). The first kappa shape index (κ1) is 9.01. The molecule has 1 fully saturated rings. The molecular formula is C9H18NO. The molecule has 0 saturated carbocycles. The molecule has 1 heterocycles. The monoisotopic (exact) mass is 156 g/mol. The molecule has 0 aromatic carbocycles. The summed E-state index contributed by atoms with van der Waals surface area (Å²) < 4.78 is 5.60. The highest BCUT2D eigenvalue weighted by Gasteiger charge is 2.20. The first-order chi connectivity index (χ1) is 5.22. The van der Waals surface area contributed by atoms with E-state index in [4.69, 9.17) is 4.74 Å². The van der Waals surface area contributed by atoms with E-state index >= 15 is 0 Å². The van der Waals surface area contributed by atoms with Crippen molar-refractivity contribution in [2.45, 2.75) is 32.5 Å². The van der Waals surface area contributed by atoms with Gasteiger partial charge in [-0.25, -0.2) is 0 Å². The van der Waals surface area contributed by atoms with E-state index in [2.05, 4.69) is 25.7 Å². The maximum absolute atomic E-state index is 5.60. The van der Waals surface area contributed by atoms with Gasteiger partial charge in [0.05, 0.1) is 12.2 Å². The van der Waals surface area contributed by atoms with Crippen molar-refractivity contribution in [2.75, 3.05) is 19.6 Å².